The minimum Gasteiger partial charge on any atom is -0.494 e. The van der Waals surface area contributed by atoms with Crippen LogP contribution in [0, 0.1) is 0 Å². The molecule has 2 atom stereocenters. The molecule has 5 rings (SSSR count). The first-order valence-electron chi connectivity index (χ1n) is 12.5. The predicted octanol–water partition coefficient (Wildman–Crippen LogP) is 5.34. The number of carbonyl (C=O) groups is 2. The lowest BCUT2D eigenvalue weighted by molar-refractivity contribution is 0.0497. The second-order valence-electron chi connectivity index (χ2n) is 9.17. The van der Waals surface area contributed by atoms with Crippen LogP contribution in [0.1, 0.15) is 52.8 Å². The van der Waals surface area contributed by atoms with Gasteiger partial charge in [0.25, 0.3) is 0 Å². The summed E-state index contributed by atoms with van der Waals surface area (Å²) < 4.78 is 27.0. The number of hydrogen-bond donors (Lipinski definition) is 0. The van der Waals surface area contributed by atoms with E-state index in [2.05, 4.69) is 0 Å². The molecule has 0 aromatic heterocycles. The van der Waals surface area contributed by atoms with Crippen LogP contribution in [0.2, 0.25) is 0 Å². The van der Waals surface area contributed by atoms with Crippen LogP contribution >= 0.6 is 0 Å². The van der Waals surface area contributed by atoms with Crippen LogP contribution in [0.4, 0.5) is 0 Å². The van der Waals surface area contributed by atoms with E-state index >= 15 is 0 Å². The van der Waals surface area contributed by atoms with E-state index in [4.69, 9.17) is 23.7 Å². The van der Waals surface area contributed by atoms with Gasteiger partial charge in [-0.15, -0.1) is 0 Å². The van der Waals surface area contributed by atoms with Crippen molar-refractivity contribution in [3.8, 4) is 11.5 Å². The van der Waals surface area contributed by atoms with Gasteiger partial charge in [-0.1, -0.05) is 12.1 Å². The molecule has 36 heavy (non-hydrogen) atoms. The van der Waals surface area contributed by atoms with E-state index in [1.165, 1.54) is 0 Å². The third-order valence-electron chi connectivity index (χ3n) is 6.25. The van der Waals surface area contributed by atoms with E-state index in [0.29, 0.717) is 42.3 Å². The fraction of sp³-hybridized carbons (Fsp3) is 0.379. The highest BCUT2D eigenvalue weighted by Crippen LogP contribution is 2.24. The number of hydrogen-bond acceptors (Lipinski definition) is 7. The zero-order valence-corrected chi connectivity index (χ0v) is 20.1. The van der Waals surface area contributed by atoms with Gasteiger partial charge >= 0.3 is 11.9 Å². The Bertz CT molecular complexity index is 1200. The van der Waals surface area contributed by atoms with Gasteiger partial charge in [0.2, 0.25) is 0 Å². The normalized spacial score (nSPS) is 18.0. The van der Waals surface area contributed by atoms with Gasteiger partial charge in [-0.3, -0.25) is 0 Å². The highest BCUT2D eigenvalue weighted by molar-refractivity contribution is 5.96. The Morgan fingerprint density at radius 3 is 2.08 bits per heavy atom. The third-order valence-corrected chi connectivity index (χ3v) is 6.25. The molecule has 188 valence electrons. The first kappa shape index (κ1) is 24.3. The van der Waals surface area contributed by atoms with Gasteiger partial charge in [-0.05, 0) is 91.4 Å². The second-order valence-corrected chi connectivity index (χ2v) is 9.17. The summed E-state index contributed by atoms with van der Waals surface area (Å²) in [5, 5.41) is 1.73. The average molecular weight is 491 g/mol. The summed E-state index contributed by atoms with van der Waals surface area (Å²) in [6.45, 7) is 2.75. The number of carbonyl (C=O) groups excluding carboxylic acids is 2. The quantitative estimate of drug-likeness (QED) is 0.138. The van der Waals surface area contributed by atoms with Crippen molar-refractivity contribution in [3.05, 3.63) is 71.8 Å². The zero-order valence-electron chi connectivity index (χ0n) is 20.1. The van der Waals surface area contributed by atoms with Crippen LogP contribution in [0.3, 0.4) is 0 Å². The maximum Gasteiger partial charge on any atom is 0.343 e. The molecule has 2 aliphatic rings. The van der Waals surface area contributed by atoms with Crippen LogP contribution < -0.4 is 9.47 Å². The molecular formula is C29H30O7. The highest BCUT2D eigenvalue weighted by Gasteiger charge is 2.22. The van der Waals surface area contributed by atoms with Crippen LogP contribution in [-0.4, -0.2) is 50.6 Å². The second kappa shape index (κ2) is 11.5. The highest BCUT2D eigenvalue weighted by atomic mass is 16.6. The van der Waals surface area contributed by atoms with Crippen molar-refractivity contribution in [2.75, 3.05) is 26.4 Å². The van der Waals surface area contributed by atoms with E-state index in [0.717, 1.165) is 61.8 Å². The maximum absolute atomic E-state index is 12.6. The number of ether oxygens (including phenoxy) is 5. The number of epoxide rings is 2. The van der Waals surface area contributed by atoms with Crippen LogP contribution in [-0.2, 0) is 14.2 Å². The van der Waals surface area contributed by atoms with E-state index < -0.39 is 5.97 Å². The molecule has 7 nitrogen and oxygen atoms in total. The average Bonchev–Trinajstić information content (AvgIpc) is 3.82. The summed E-state index contributed by atoms with van der Waals surface area (Å²) in [7, 11) is 0. The van der Waals surface area contributed by atoms with Crippen LogP contribution in [0.25, 0.3) is 10.8 Å². The maximum atomic E-state index is 12.6. The minimum atomic E-state index is -0.444. The first-order chi connectivity index (χ1) is 17.6. The Morgan fingerprint density at radius 1 is 0.694 bits per heavy atom. The lowest BCUT2D eigenvalue weighted by Crippen LogP contribution is -2.08. The smallest absolute Gasteiger partial charge is 0.343 e. The Hall–Kier alpha value is -3.42. The summed E-state index contributed by atoms with van der Waals surface area (Å²) in [5.74, 6) is 0.376. The van der Waals surface area contributed by atoms with Crippen molar-refractivity contribution in [3.63, 3.8) is 0 Å². The first-order valence-corrected chi connectivity index (χ1v) is 12.5. The Kier molecular flexibility index (Phi) is 7.79. The predicted molar refractivity (Wildman–Crippen MR) is 134 cm³/mol. The molecule has 0 amide bonds. The molecule has 0 spiro atoms. The van der Waals surface area contributed by atoms with Crippen LogP contribution in [0.15, 0.2) is 60.7 Å². The van der Waals surface area contributed by atoms with Gasteiger partial charge in [0.15, 0.2) is 0 Å². The summed E-state index contributed by atoms with van der Waals surface area (Å²) in [6.07, 6.45) is 5.62. The molecule has 0 radical (unpaired) electrons. The molecule has 2 saturated heterocycles. The van der Waals surface area contributed by atoms with Crippen molar-refractivity contribution in [2.24, 2.45) is 0 Å². The van der Waals surface area contributed by atoms with Crippen molar-refractivity contribution in [2.45, 2.75) is 44.3 Å². The van der Waals surface area contributed by atoms with Gasteiger partial charge in [-0.2, -0.15) is 0 Å². The lowest BCUT2D eigenvalue weighted by Gasteiger charge is -2.09. The monoisotopic (exact) mass is 490 g/mol. The topological polar surface area (TPSA) is 86.9 Å². The van der Waals surface area contributed by atoms with Gasteiger partial charge in [-0.25, -0.2) is 9.59 Å². The summed E-state index contributed by atoms with van der Waals surface area (Å²) in [5.41, 5.74) is 0.942. The van der Waals surface area contributed by atoms with Gasteiger partial charge in [0.1, 0.15) is 11.5 Å². The molecule has 0 saturated carbocycles. The van der Waals surface area contributed by atoms with E-state index in [1.807, 2.05) is 12.1 Å². The molecule has 3 aromatic rings. The van der Waals surface area contributed by atoms with Crippen molar-refractivity contribution in [1.82, 2.24) is 0 Å². The molecule has 0 N–H and O–H groups in total. The molecule has 2 fully saturated rings. The summed E-state index contributed by atoms with van der Waals surface area (Å²) in [6, 6.07) is 17.6. The van der Waals surface area contributed by atoms with E-state index in [9.17, 15) is 9.59 Å². The summed E-state index contributed by atoms with van der Waals surface area (Å²) >= 11 is 0. The van der Waals surface area contributed by atoms with Gasteiger partial charge < -0.3 is 23.7 Å². The fourth-order valence-corrected chi connectivity index (χ4v) is 3.96. The van der Waals surface area contributed by atoms with Gasteiger partial charge in [0.05, 0.1) is 49.8 Å². The van der Waals surface area contributed by atoms with Crippen LogP contribution in [0.5, 0.6) is 11.5 Å². The Labute approximate surface area is 210 Å². The van der Waals surface area contributed by atoms with E-state index in [-0.39, 0.29) is 5.97 Å². The molecule has 0 bridgehead atoms. The van der Waals surface area contributed by atoms with Crippen molar-refractivity contribution in [1.29, 1.82) is 0 Å². The van der Waals surface area contributed by atoms with E-state index in [1.54, 1.807) is 48.5 Å². The summed E-state index contributed by atoms with van der Waals surface area (Å²) in [4.78, 5) is 25.0. The number of esters is 2. The van der Waals surface area contributed by atoms with Crippen molar-refractivity contribution >= 4 is 22.7 Å². The number of benzene rings is 3. The van der Waals surface area contributed by atoms with Gasteiger partial charge in [0, 0.05) is 0 Å². The largest absolute Gasteiger partial charge is 0.494 e. The third kappa shape index (κ3) is 7.06. The molecule has 2 unspecified atom stereocenters. The molecule has 0 aliphatic carbocycles. The molecular weight excluding hydrogens is 460 g/mol. The SMILES string of the molecule is O=C(OCCCCC1CO1)c1ccc2cc(OC(=O)c3ccc(OCCCC4CO4)cc3)ccc2c1. The number of unbranched alkanes of at least 4 members (excludes halogenated alkanes) is 1. The zero-order chi connectivity index (χ0) is 24.7. The Morgan fingerprint density at radius 2 is 1.33 bits per heavy atom. The lowest BCUT2D eigenvalue weighted by atomic mass is 10.1. The number of fused-ring (bicyclic) bond motifs is 1. The minimum absolute atomic E-state index is 0.334. The molecule has 7 heteroatoms. The molecule has 2 aliphatic heterocycles. The number of rotatable bonds is 13. The molecule has 2 heterocycles. The van der Waals surface area contributed by atoms with Crippen molar-refractivity contribution < 1.29 is 33.3 Å². The molecule has 3 aromatic carbocycles. The Balaban J connectivity index is 1.11. The standard InChI is InChI=1S/C29H30O7/c30-28(33-14-2-1-4-26-18-34-26)23-7-6-22-17-25(13-10-21(22)16-23)36-29(31)20-8-11-24(12-9-20)32-15-3-5-27-19-35-27/h6-13,16-17,26-27H,1-5,14-15,18-19H2. The fourth-order valence-electron chi connectivity index (χ4n) is 3.96.